The highest BCUT2D eigenvalue weighted by molar-refractivity contribution is 7.90. The second kappa shape index (κ2) is 13.8. The molecule has 2 unspecified atom stereocenters. The molecule has 1 saturated heterocycles. The number of nitrogens with one attached hydrogen (secondary N) is 3. The number of rotatable bonds is 11. The molecule has 0 bridgehead atoms. The predicted octanol–water partition coefficient (Wildman–Crippen LogP) is 4.15. The summed E-state index contributed by atoms with van der Waals surface area (Å²) in [4.78, 5) is 28.6. The van der Waals surface area contributed by atoms with Crippen LogP contribution in [-0.4, -0.2) is 58.8 Å². The molecule has 47 heavy (non-hydrogen) atoms. The molecule has 9 nitrogen and oxygen atoms in total. The lowest BCUT2D eigenvalue weighted by Crippen LogP contribution is -2.68. The van der Waals surface area contributed by atoms with E-state index in [9.17, 15) is 18.0 Å². The van der Waals surface area contributed by atoms with Crippen molar-refractivity contribution in [2.45, 2.75) is 36.8 Å². The summed E-state index contributed by atoms with van der Waals surface area (Å²) in [5.74, 6) is -1.74. The number of para-hydroxylation sites is 1. The molecule has 10 heteroatoms. The van der Waals surface area contributed by atoms with Gasteiger partial charge in [-0.3, -0.25) is 9.59 Å². The topological polar surface area (TPSA) is 114 Å². The zero-order valence-electron chi connectivity index (χ0n) is 26.5. The van der Waals surface area contributed by atoms with Crippen LogP contribution in [0.3, 0.4) is 0 Å². The minimum Gasteiger partial charge on any atom is -0.374 e. The fourth-order valence-corrected chi connectivity index (χ4v) is 8.25. The maximum absolute atomic E-state index is 14.4. The molecule has 4 aromatic rings. The van der Waals surface area contributed by atoms with E-state index in [1.165, 1.54) is 0 Å². The fourth-order valence-electron chi connectivity index (χ4n) is 6.99. The smallest absolute Gasteiger partial charge is 0.321 e. The van der Waals surface area contributed by atoms with Gasteiger partial charge in [-0.2, -0.15) is 13.8 Å². The number of nitrogens with zero attached hydrogens (tertiary/aromatic N) is 1. The zero-order chi connectivity index (χ0) is 32.9. The molecule has 2 aliphatic heterocycles. The number of carbonyl (C=O) groups is 2. The third kappa shape index (κ3) is 6.73. The van der Waals surface area contributed by atoms with Gasteiger partial charge in [0.1, 0.15) is 12.6 Å². The maximum atomic E-state index is 14.4. The van der Waals surface area contributed by atoms with Crippen LogP contribution in [0.4, 0.5) is 5.69 Å². The second-order valence-electron chi connectivity index (χ2n) is 12.5. The Hall–Kier alpha value is -4.35. The van der Waals surface area contributed by atoms with Crippen LogP contribution in [0.25, 0.3) is 0 Å². The van der Waals surface area contributed by atoms with Gasteiger partial charge >= 0.3 is 10.0 Å². The minimum absolute atomic E-state index is 0.163. The molecule has 2 atom stereocenters. The Balaban J connectivity index is 1.34. The number of hydrogen-bond donors (Lipinski definition) is 3. The molecule has 0 aromatic heterocycles. The first kappa shape index (κ1) is 32.6. The van der Waals surface area contributed by atoms with Crippen molar-refractivity contribution in [1.29, 1.82) is 0 Å². The normalized spacial score (nSPS) is 19.2. The Labute approximate surface area is 276 Å². The van der Waals surface area contributed by atoms with E-state index in [0.717, 1.165) is 54.4 Å². The van der Waals surface area contributed by atoms with Crippen molar-refractivity contribution in [3.05, 3.63) is 138 Å². The number of ether oxygens (including phenoxy) is 1. The van der Waals surface area contributed by atoms with Crippen LogP contribution >= 0.6 is 0 Å². The Morgan fingerprint density at radius 1 is 0.809 bits per heavy atom. The number of hydrogen-bond acceptors (Lipinski definition) is 6. The van der Waals surface area contributed by atoms with E-state index in [4.69, 9.17) is 4.74 Å². The molecule has 0 aliphatic carbocycles. The number of fused-ring (bicyclic) bond motifs is 2. The summed E-state index contributed by atoms with van der Waals surface area (Å²) in [6.07, 6.45) is 2.64. The van der Waals surface area contributed by atoms with E-state index in [2.05, 4.69) is 16.1 Å². The Morgan fingerprint density at radius 2 is 1.36 bits per heavy atom. The molecule has 2 amide bonds. The van der Waals surface area contributed by atoms with Crippen molar-refractivity contribution in [3.63, 3.8) is 0 Å². The van der Waals surface area contributed by atoms with Crippen molar-refractivity contribution in [3.8, 4) is 0 Å². The van der Waals surface area contributed by atoms with Crippen LogP contribution in [0.15, 0.2) is 115 Å². The van der Waals surface area contributed by atoms with Crippen LogP contribution < -0.4 is 20.1 Å². The summed E-state index contributed by atoms with van der Waals surface area (Å²) in [6.45, 7) is 1.72. The number of quaternary nitrogens is 1. The Kier molecular flexibility index (Phi) is 9.56. The molecule has 4 aromatic carbocycles. The van der Waals surface area contributed by atoms with E-state index < -0.39 is 43.2 Å². The molecular formula is C37H41N4O5S+. The third-order valence-corrected chi connectivity index (χ3v) is 10.9. The van der Waals surface area contributed by atoms with Crippen LogP contribution in [0, 0.1) is 0 Å². The van der Waals surface area contributed by atoms with E-state index in [1.807, 2.05) is 103 Å². The van der Waals surface area contributed by atoms with Crippen LogP contribution in [0.2, 0.25) is 0 Å². The van der Waals surface area contributed by atoms with Crippen LogP contribution in [-0.2, 0) is 36.4 Å². The average molecular weight is 654 g/mol. The van der Waals surface area contributed by atoms with Gasteiger partial charge in [0.15, 0.2) is 5.69 Å². The second-order valence-corrected chi connectivity index (χ2v) is 14.6. The first-order chi connectivity index (χ1) is 22.7. The monoisotopic (exact) mass is 653 g/mol. The van der Waals surface area contributed by atoms with E-state index in [0.29, 0.717) is 5.69 Å². The quantitative estimate of drug-likeness (QED) is 0.210. The summed E-state index contributed by atoms with van der Waals surface area (Å²) in [6, 6.07) is 34.6. The van der Waals surface area contributed by atoms with Crippen LogP contribution in [0.1, 0.15) is 41.0 Å². The Bertz CT molecular complexity index is 1760. The van der Waals surface area contributed by atoms with Gasteiger partial charge in [0.25, 0.3) is 5.91 Å². The maximum Gasteiger partial charge on any atom is 0.321 e. The summed E-state index contributed by atoms with van der Waals surface area (Å²) in [5, 5.41) is 6.33. The highest BCUT2D eigenvalue weighted by Gasteiger charge is 2.60. The van der Waals surface area contributed by atoms with Crippen molar-refractivity contribution >= 4 is 27.5 Å². The van der Waals surface area contributed by atoms with Crippen molar-refractivity contribution < 1.29 is 22.7 Å². The van der Waals surface area contributed by atoms with E-state index >= 15 is 0 Å². The molecule has 1 spiro atoms. The van der Waals surface area contributed by atoms with Gasteiger partial charge in [-0.15, -0.1) is 0 Å². The molecule has 0 radical (unpaired) electrons. The lowest BCUT2D eigenvalue weighted by molar-refractivity contribution is -0.132. The number of amides is 2. The molecule has 244 valence electrons. The van der Waals surface area contributed by atoms with Gasteiger partial charge in [-0.25, -0.2) is 0 Å². The van der Waals surface area contributed by atoms with Gasteiger partial charge in [-0.1, -0.05) is 113 Å². The summed E-state index contributed by atoms with van der Waals surface area (Å²) >= 11 is 0. The third-order valence-electron chi connectivity index (χ3n) is 9.36. The largest absolute Gasteiger partial charge is 0.374 e. The zero-order valence-corrected chi connectivity index (χ0v) is 27.3. The predicted molar refractivity (Wildman–Crippen MR) is 183 cm³/mol. The number of sulfonamides is 1. The van der Waals surface area contributed by atoms with Crippen molar-refractivity contribution in [1.82, 2.24) is 20.1 Å². The molecule has 2 aliphatic rings. The SMILES string of the molecule is CS(=O)(=O)[N+]1(NC(=O)C(COCc2ccccc2)NC(=O)C(c2ccccc2)c2ccccc2)CC2(CCNCC2)c2ccccc21. The van der Waals surface area contributed by atoms with Gasteiger partial charge in [0.2, 0.25) is 5.91 Å². The first-order valence-electron chi connectivity index (χ1n) is 16.0. The van der Waals surface area contributed by atoms with Crippen molar-refractivity contribution in [2.24, 2.45) is 0 Å². The lowest BCUT2D eigenvalue weighted by Gasteiger charge is -2.36. The van der Waals surface area contributed by atoms with Crippen LogP contribution in [0.5, 0.6) is 0 Å². The molecule has 3 N–H and O–H groups in total. The number of benzene rings is 4. The fraction of sp³-hybridized carbons (Fsp3) is 0.297. The highest BCUT2D eigenvalue weighted by Crippen LogP contribution is 2.50. The molecule has 1 fully saturated rings. The summed E-state index contributed by atoms with van der Waals surface area (Å²) in [5.41, 5.74) is 6.41. The minimum atomic E-state index is -3.94. The molecule has 6 rings (SSSR count). The number of piperidine rings is 1. The highest BCUT2D eigenvalue weighted by atomic mass is 32.2. The number of carbonyl (C=O) groups excluding carboxylic acids is 2. The van der Waals surface area contributed by atoms with Gasteiger partial charge < -0.3 is 15.4 Å². The molecular weight excluding hydrogens is 612 g/mol. The lowest BCUT2D eigenvalue weighted by atomic mass is 9.75. The van der Waals surface area contributed by atoms with Gasteiger partial charge in [-0.05, 0) is 42.6 Å². The van der Waals surface area contributed by atoms with Gasteiger partial charge in [0.05, 0.1) is 30.8 Å². The summed E-state index contributed by atoms with van der Waals surface area (Å²) < 4.78 is 32.9. The standard InChI is InChI=1S/C37H40N4O5S/c1-47(44,45)41(27-37(21-23-38-24-22-37)31-19-11-12-20-33(31)41)40-35(42)32(26-46-25-28-13-5-2-6-14-28)39-36(43)34(29-15-7-3-8-16-29)30-17-9-4-10-18-30/h2-20,32,34,38H,21-27H2,1H3,(H-,39,40,42,43)/p+1. The Morgan fingerprint density at radius 3 is 1.96 bits per heavy atom. The van der Waals surface area contributed by atoms with Gasteiger partial charge in [0, 0.05) is 11.6 Å². The average Bonchev–Trinajstić information content (AvgIpc) is 3.35. The van der Waals surface area contributed by atoms with E-state index in [1.54, 1.807) is 12.1 Å². The molecule has 0 saturated carbocycles. The first-order valence-corrected chi connectivity index (χ1v) is 17.8. The summed E-state index contributed by atoms with van der Waals surface area (Å²) in [7, 11) is -3.94. The molecule has 2 heterocycles. The van der Waals surface area contributed by atoms with Crippen molar-refractivity contribution in [2.75, 3.05) is 32.5 Å². The van der Waals surface area contributed by atoms with E-state index in [-0.39, 0.29) is 19.8 Å².